The Balaban J connectivity index is 2.88. The number of rotatable bonds is 3. The van der Waals surface area contributed by atoms with Gasteiger partial charge in [-0.1, -0.05) is 30.3 Å². The Morgan fingerprint density at radius 3 is 2.33 bits per heavy atom. The van der Waals surface area contributed by atoms with E-state index in [1.807, 2.05) is 37.3 Å². The lowest BCUT2D eigenvalue weighted by Gasteiger charge is -2.11. The number of aldehydes is 1. The third kappa shape index (κ3) is 2.08. The quantitative estimate of drug-likeness (QED) is 0.519. The van der Waals surface area contributed by atoms with Crippen molar-refractivity contribution in [3.63, 3.8) is 0 Å². The highest BCUT2D eigenvalue weighted by Crippen LogP contribution is 2.20. The van der Waals surface area contributed by atoms with Crippen LogP contribution in [0, 0.1) is 0 Å². The van der Waals surface area contributed by atoms with E-state index in [4.69, 9.17) is 11.6 Å². The Bertz CT molecular complexity index is 243. The molecule has 0 bridgehead atoms. The molecule has 1 nitrogen and oxygen atoms in total. The molecular formula is C10H11ClO. The second-order valence-electron chi connectivity index (χ2n) is 2.75. The Hall–Kier alpha value is -0.820. The van der Waals surface area contributed by atoms with Crippen LogP contribution in [0.1, 0.15) is 18.4 Å². The zero-order valence-corrected chi connectivity index (χ0v) is 7.66. The number of carbonyl (C=O) groups excluding carboxylic acids is 1. The average molecular weight is 183 g/mol. The number of halogens is 1. The molecule has 0 radical (unpaired) electrons. The van der Waals surface area contributed by atoms with Crippen molar-refractivity contribution in [1.82, 2.24) is 0 Å². The maximum Gasteiger partial charge on any atom is 0.128 e. The molecule has 0 aliphatic heterocycles. The number of hydrogen-bond acceptors (Lipinski definition) is 1. The molecule has 0 saturated carbocycles. The van der Waals surface area contributed by atoms with Crippen LogP contribution in [0.5, 0.6) is 0 Å². The Kier molecular flexibility index (Phi) is 3.30. The SMILES string of the molecule is CC(Cl)C(C=O)c1ccccc1. The van der Waals surface area contributed by atoms with E-state index in [1.165, 1.54) is 0 Å². The first-order valence-corrected chi connectivity index (χ1v) is 4.33. The Labute approximate surface area is 77.4 Å². The molecule has 0 heterocycles. The highest BCUT2D eigenvalue weighted by atomic mass is 35.5. The van der Waals surface area contributed by atoms with Crippen molar-refractivity contribution in [2.24, 2.45) is 0 Å². The van der Waals surface area contributed by atoms with Crippen LogP contribution in [0.4, 0.5) is 0 Å². The van der Waals surface area contributed by atoms with Crippen molar-refractivity contribution in [3.05, 3.63) is 35.9 Å². The van der Waals surface area contributed by atoms with Gasteiger partial charge in [0.1, 0.15) is 6.29 Å². The first-order valence-electron chi connectivity index (χ1n) is 3.90. The van der Waals surface area contributed by atoms with E-state index in [0.717, 1.165) is 11.8 Å². The minimum absolute atomic E-state index is 0.148. The van der Waals surface area contributed by atoms with Crippen molar-refractivity contribution >= 4 is 17.9 Å². The first kappa shape index (κ1) is 9.27. The zero-order chi connectivity index (χ0) is 8.97. The van der Waals surface area contributed by atoms with E-state index < -0.39 is 0 Å². The monoisotopic (exact) mass is 182 g/mol. The summed E-state index contributed by atoms with van der Waals surface area (Å²) >= 11 is 5.85. The molecule has 12 heavy (non-hydrogen) atoms. The molecule has 1 aromatic carbocycles. The van der Waals surface area contributed by atoms with Crippen molar-refractivity contribution < 1.29 is 4.79 Å². The summed E-state index contributed by atoms with van der Waals surface area (Å²) in [6.07, 6.45) is 0.896. The summed E-state index contributed by atoms with van der Waals surface area (Å²) in [5, 5.41) is -0.148. The Morgan fingerprint density at radius 1 is 1.33 bits per heavy atom. The molecule has 2 unspecified atom stereocenters. The lowest BCUT2D eigenvalue weighted by molar-refractivity contribution is -0.109. The fourth-order valence-corrected chi connectivity index (χ4v) is 1.33. The molecule has 0 saturated heterocycles. The summed E-state index contributed by atoms with van der Waals surface area (Å²) in [6, 6.07) is 9.57. The third-order valence-corrected chi connectivity index (χ3v) is 2.10. The molecule has 0 aliphatic rings. The van der Waals surface area contributed by atoms with Crippen LogP contribution in [0.2, 0.25) is 0 Å². The number of alkyl halides is 1. The molecule has 0 aromatic heterocycles. The van der Waals surface area contributed by atoms with E-state index in [1.54, 1.807) is 0 Å². The van der Waals surface area contributed by atoms with Gasteiger partial charge in [0.25, 0.3) is 0 Å². The van der Waals surface area contributed by atoms with E-state index >= 15 is 0 Å². The Morgan fingerprint density at radius 2 is 1.92 bits per heavy atom. The maximum absolute atomic E-state index is 10.7. The van der Waals surface area contributed by atoms with Gasteiger partial charge in [-0.05, 0) is 12.5 Å². The van der Waals surface area contributed by atoms with Crippen molar-refractivity contribution in [3.8, 4) is 0 Å². The van der Waals surface area contributed by atoms with Gasteiger partial charge >= 0.3 is 0 Å². The summed E-state index contributed by atoms with van der Waals surface area (Å²) in [4.78, 5) is 10.7. The van der Waals surface area contributed by atoms with Gasteiger partial charge < -0.3 is 4.79 Å². The van der Waals surface area contributed by atoms with Crippen LogP contribution >= 0.6 is 11.6 Å². The van der Waals surface area contributed by atoms with Gasteiger partial charge in [-0.2, -0.15) is 0 Å². The highest BCUT2D eigenvalue weighted by Gasteiger charge is 2.15. The summed E-state index contributed by atoms with van der Waals surface area (Å²) in [5.74, 6) is -0.187. The topological polar surface area (TPSA) is 17.1 Å². The summed E-state index contributed by atoms with van der Waals surface area (Å²) in [7, 11) is 0. The number of benzene rings is 1. The fraction of sp³-hybridized carbons (Fsp3) is 0.300. The third-order valence-electron chi connectivity index (χ3n) is 1.83. The lowest BCUT2D eigenvalue weighted by Crippen LogP contribution is -2.10. The minimum Gasteiger partial charge on any atom is -0.303 e. The predicted octanol–water partition coefficient (Wildman–Crippen LogP) is 2.60. The van der Waals surface area contributed by atoms with Gasteiger partial charge in [-0.15, -0.1) is 11.6 Å². The highest BCUT2D eigenvalue weighted by molar-refractivity contribution is 6.21. The lowest BCUT2D eigenvalue weighted by atomic mass is 9.98. The molecular weight excluding hydrogens is 172 g/mol. The molecule has 0 amide bonds. The van der Waals surface area contributed by atoms with Gasteiger partial charge in [0.05, 0.1) is 5.92 Å². The molecule has 0 aliphatic carbocycles. The van der Waals surface area contributed by atoms with Crippen LogP contribution in [0.3, 0.4) is 0 Å². The van der Waals surface area contributed by atoms with E-state index in [2.05, 4.69) is 0 Å². The van der Waals surface area contributed by atoms with E-state index in [0.29, 0.717) is 0 Å². The van der Waals surface area contributed by atoms with Crippen molar-refractivity contribution in [1.29, 1.82) is 0 Å². The average Bonchev–Trinajstić information content (AvgIpc) is 2.07. The van der Waals surface area contributed by atoms with Crippen molar-refractivity contribution in [2.45, 2.75) is 18.2 Å². The normalized spacial score (nSPS) is 15.2. The molecule has 1 rings (SSSR count). The molecule has 2 atom stereocenters. The van der Waals surface area contributed by atoms with Gasteiger partial charge in [0, 0.05) is 5.38 Å². The second-order valence-corrected chi connectivity index (χ2v) is 3.44. The largest absolute Gasteiger partial charge is 0.303 e. The van der Waals surface area contributed by atoms with Gasteiger partial charge in [-0.25, -0.2) is 0 Å². The molecule has 2 heteroatoms. The van der Waals surface area contributed by atoms with E-state index in [-0.39, 0.29) is 11.3 Å². The zero-order valence-electron chi connectivity index (χ0n) is 6.91. The van der Waals surface area contributed by atoms with Gasteiger partial charge in [-0.3, -0.25) is 0 Å². The molecule has 0 fully saturated rings. The van der Waals surface area contributed by atoms with Gasteiger partial charge in [0.15, 0.2) is 0 Å². The molecule has 1 aromatic rings. The second kappa shape index (κ2) is 4.27. The summed E-state index contributed by atoms with van der Waals surface area (Å²) in [5.41, 5.74) is 0.981. The summed E-state index contributed by atoms with van der Waals surface area (Å²) < 4.78 is 0. The standard InChI is InChI=1S/C10H11ClO/c1-8(11)10(7-12)9-5-3-2-4-6-9/h2-8,10H,1H3. The van der Waals surface area contributed by atoms with Gasteiger partial charge in [0.2, 0.25) is 0 Å². The van der Waals surface area contributed by atoms with Crippen LogP contribution in [0.25, 0.3) is 0 Å². The predicted molar refractivity (Wildman–Crippen MR) is 50.6 cm³/mol. The minimum atomic E-state index is -0.187. The number of carbonyl (C=O) groups is 1. The summed E-state index contributed by atoms with van der Waals surface area (Å²) in [6.45, 7) is 1.83. The van der Waals surface area contributed by atoms with Crippen molar-refractivity contribution in [2.75, 3.05) is 0 Å². The smallest absolute Gasteiger partial charge is 0.128 e. The molecule has 64 valence electrons. The van der Waals surface area contributed by atoms with Crippen LogP contribution < -0.4 is 0 Å². The first-order chi connectivity index (χ1) is 5.75. The van der Waals surface area contributed by atoms with Crippen LogP contribution in [-0.2, 0) is 4.79 Å². The fourth-order valence-electron chi connectivity index (χ4n) is 1.13. The van der Waals surface area contributed by atoms with Crippen LogP contribution in [0.15, 0.2) is 30.3 Å². The van der Waals surface area contributed by atoms with Crippen LogP contribution in [-0.4, -0.2) is 11.7 Å². The molecule has 0 N–H and O–H groups in total. The number of hydrogen-bond donors (Lipinski definition) is 0. The van der Waals surface area contributed by atoms with E-state index in [9.17, 15) is 4.79 Å². The molecule has 0 spiro atoms. The maximum atomic E-state index is 10.7.